The van der Waals surface area contributed by atoms with Gasteiger partial charge in [-0.25, -0.2) is 0 Å². The Labute approximate surface area is 145 Å². The lowest BCUT2D eigenvalue weighted by Crippen LogP contribution is -2.44. The summed E-state index contributed by atoms with van der Waals surface area (Å²) in [6.45, 7) is 2.17. The first-order valence-corrected chi connectivity index (χ1v) is 8.48. The molecule has 2 aliphatic rings. The topological polar surface area (TPSA) is 52.7 Å². The minimum Gasteiger partial charge on any atom is -0.341 e. The number of amides is 2. The van der Waals surface area contributed by atoms with Crippen LogP contribution >= 0.6 is 23.2 Å². The van der Waals surface area contributed by atoms with Crippen molar-refractivity contribution in [2.75, 3.05) is 31.6 Å². The van der Waals surface area contributed by atoms with E-state index in [1.165, 1.54) is 0 Å². The van der Waals surface area contributed by atoms with E-state index in [4.69, 9.17) is 23.2 Å². The number of hydrogen-bond acceptors (Lipinski definition) is 3. The lowest BCUT2D eigenvalue weighted by molar-refractivity contribution is -0.140. The number of nitrogens with zero attached hydrogens (tertiary/aromatic N) is 2. The van der Waals surface area contributed by atoms with Crippen LogP contribution in [-0.4, -0.2) is 49.4 Å². The van der Waals surface area contributed by atoms with Gasteiger partial charge >= 0.3 is 0 Å². The van der Waals surface area contributed by atoms with Gasteiger partial charge in [0.1, 0.15) is 5.92 Å². The largest absolute Gasteiger partial charge is 0.341 e. The Bertz CT molecular complexity index is 632. The molecule has 0 bridgehead atoms. The van der Waals surface area contributed by atoms with Crippen LogP contribution in [-0.2, 0) is 9.59 Å². The average molecular weight is 356 g/mol. The Hall–Kier alpha value is -1.30. The van der Waals surface area contributed by atoms with Crippen molar-refractivity contribution in [1.82, 2.24) is 10.2 Å². The number of carbonyl (C=O) groups is 2. The van der Waals surface area contributed by atoms with Gasteiger partial charge in [0.05, 0.1) is 10.7 Å². The Morgan fingerprint density at radius 2 is 2.13 bits per heavy atom. The van der Waals surface area contributed by atoms with Gasteiger partial charge in [-0.1, -0.05) is 23.2 Å². The minimum atomic E-state index is -0.629. The van der Waals surface area contributed by atoms with E-state index in [2.05, 4.69) is 5.32 Å². The molecule has 2 atom stereocenters. The highest BCUT2D eigenvalue weighted by atomic mass is 35.5. The second-order valence-electron chi connectivity index (χ2n) is 6.02. The Balaban J connectivity index is 1.75. The lowest BCUT2D eigenvalue weighted by Gasteiger charge is -2.26. The fourth-order valence-corrected chi connectivity index (χ4v) is 3.62. The summed E-state index contributed by atoms with van der Waals surface area (Å²) < 4.78 is 0. The van der Waals surface area contributed by atoms with Crippen LogP contribution in [0.4, 0.5) is 5.69 Å². The van der Waals surface area contributed by atoms with E-state index in [0.29, 0.717) is 28.7 Å². The van der Waals surface area contributed by atoms with Crippen LogP contribution < -0.4 is 10.2 Å². The molecule has 0 aromatic heterocycles. The van der Waals surface area contributed by atoms with Gasteiger partial charge in [-0.15, -0.1) is 0 Å². The molecule has 5 nitrogen and oxygen atoms in total. The summed E-state index contributed by atoms with van der Waals surface area (Å²) in [6.07, 6.45) is 1.43. The maximum absolute atomic E-state index is 12.7. The van der Waals surface area contributed by atoms with Gasteiger partial charge in [0.15, 0.2) is 0 Å². The van der Waals surface area contributed by atoms with E-state index in [0.717, 1.165) is 19.5 Å². The van der Waals surface area contributed by atoms with Gasteiger partial charge in [0, 0.05) is 31.2 Å². The van der Waals surface area contributed by atoms with Crippen LogP contribution in [0.25, 0.3) is 0 Å². The molecular weight excluding hydrogens is 337 g/mol. The van der Waals surface area contributed by atoms with E-state index in [9.17, 15) is 9.59 Å². The summed E-state index contributed by atoms with van der Waals surface area (Å²) in [6, 6.07) is 5.17. The molecule has 3 rings (SSSR count). The summed E-state index contributed by atoms with van der Waals surface area (Å²) in [5.74, 6) is -0.933. The van der Waals surface area contributed by atoms with Crippen LogP contribution in [0, 0.1) is 5.92 Å². The van der Waals surface area contributed by atoms with Gasteiger partial charge in [0.2, 0.25) is 11.8 Å². The summed E-state index contributed by atoms with van der Waals surface area (Å²) >= 11 is 12.2. The van der Waals surface area contributed by atoms with Crippen molar-refractivity contribution in [2.24, 2.45) is 5.92 Å². The van der Waals surface area contributed by atoms with Crippen LogP contribution in [0.1, 0.15) is 12.8 Å². The maximum Gasteiger partial charge on any atom is 0.239 e. The van der Waals surface area contributed by atoms with Crippen molar-refractivity contribution in [3.05, 3.63) is 28.2 Å². The number of anilines is 1. The van der Waals surface area contributed by atoms with E-state index >= 15 is 0 Å². The first-order chi connectivity index (χ1) is 11.0. The van der Waals surface area contributed by atoms with Gasteiger partial charge < -0.3 is 15.1 Å². The van der Waals surface area contributed by atoms with Gasteiger partial charge in [-0.2, -0.15) is 0 Å². The second kappa shape index (κ2) is 6.67. The first-order valence-electron chi connectivity index (χ1n) is 7.73. The minimum absolute atomic E-state index is 0.107. The summed E-state index contributed by atoms with van der Waals surface area (Å²) in [7, 11) is 1.78. The quantitative estimate of drug-likeness (QED) is 0.845. The molecule has 2 unspecified atom stereocenters. The van der Waals surface area contributed by atoms with Gasteiger partial charge in [0.25, 0.3) is 0 Å². The molecule has 0 spiro atoms. The molecule has 2 saturated heterocycles. The number of likely N-dealkylation sites (N-methyl/N-ethyl adjacent to an activating group) is 1. The zero-order chi connectivity index (χ0) is 16.6. The molecule has 1 N–H and O–H groups in total. The number of hydrogen-bond donors (Lipinski definition) is 1. The highest BCUT2D eigenvalue weighted by molar-refractivity contribution is 6.36. The van der Waals surface area contributed by atoms with Crippen LogP contribution in [0.5, 0.6) is 0 Å². The Morgan fingerprint density at radius 3 is 2.83 bits per heavy atom. The number of carbonyl (C=O) groups excluding carboxylic acids is 2. The molecular formula is C16H19Cl2N3O2. The number of rotatable bonds is 3. The fraction of sp³-hybridized carbons (Fsp3) is 0.500. The van der Waals surface area contributed by atoms with Gasteiger partial charge in [-0.05, 0) is 37.6 Å². The molecule has 124 valence electrons. The summed E-state index contributed by atoms with van der Waals surface area (Å²) in [5, 5.41) is 4.21. The lowest BCUT2D eigenvalue weighted by atomic mass is 10.1. The molecule has 2 aliphatic heterocycles. The zero-order valence-corrected chi connectivity index (χ0v) is 14.4. The highest BCUT2D eigenvalue weighted by Gasteiger charge is 2.41. The smallest absolute Gasteiger partial charge is 0.239 e. The van der Waals surface area contributed by atoms with Crippen LogP contribution in [0.15, 0.2) is 18.2 Å². The standard InChI is InChI=1S/C16H19Cl2N3O2/c1-20(11-4-6-19-9-11)15(22)12-5-7-21(16(12)23)14-8-10(17)2-3-13(14)18/h2-3,8,11-12,19H,4-7,9H2,1H3. The third-order valence-electron chi connectivity index (χ3n) is 4.63. The molecule has 1 aromatic rings. The van der Waals surface area contributed by atoms with E-state index in [1.807, 2.05) is 0 Å². The maximum atomic E-state index is 12.7. The third kappa shape index (κ3) is 3.18. The van der Waals surface area contributed by atoms with Crippen molar-refractivity contribution in [1.29, 1.82) is 0 Å². The molecule has 0 saturated carbocycles. The van der Waals surface area contributed by atoms with Crippen LogP contribution in [0.3, 0.4) is 0 Å². The van der Waals surface area contributed by atoms with Crippen LogP contribution in [0.2, 0.25) is 10.0 Å². The SMILES string of the molecule is CN(C(=O)C1CCN(c2cc(Cl)ccc2Cl)C1=O)C1CCNC1. The van der Waals surface area contributed by atoms with E-state index in [1.54, 1.807) is 35.0 Å². The molecule has 1 aromatic carbocycles. The molecule has 2 fully saturated rings. The first kappa shape index (κ1) is 16.6. The molecule has 7 heteroatoms. The van der Waals surface area contributed by atoms with E-state index in [-0.39, 0.29) is 17.9 Å². The molecule has 0 aliphatic carbocycles. The monoisotopic (exact) mass is 355 g/mol. The van der Waals surface area contributed by atoms with Crippen molar-refractivity contribution in [3.63, 3.8) is 0 Å². The molecule has 2 heterocycles. The number of nitrogens with one attached hydrogen (secondary N) is 1. The normalized spacial score (nSPS) is 24.3. The van der Waals surface area contributed by atoms with E-state index < -0.39 is 5.92 Å². The molecule has 0 radical (unpaired) electrons. The fourth-order valence-electron chi connectivity index (χ4n) is 3.24. The Kier molecular flexibility index (Phi) is 4.80. The molecule has 2 amide bonds. The van der Waals surface area contributed by atoms with Crippen molar-refractivity contribution < 1.29 is 9.59 Å². The number of halogens is 2. The Morgan fingerprint density at radius 1 is 1.35 bits per heavy atom. The highest BCUT2D eigenvalue weighted by Crippen LogP contribution is 2.34. The zero-order valence-electron chi connectivity index (χ0n) is 12.9. The summed E-state index contributed by atoms with van der Waals surface area (Å²) in [4.78, 5) is 28.6. The predicted octanol–water partition coefficient (Wildman–Crippen LogP) is 2.17. The van der Waals surface area contributed by atoms with Crippen molar-refractivity contribution in [3.8, 4) is 0 Å². The average Bonchev–Trinajstić information content (AvgIpc) is 3.18. The predicted molar refractivity (Wildman–Crippen MR) is 91.0 cm³/mol. The van der Waals surface area contributed by atoms with Gasteiger partial charge in [-0.3, -0.25) is 9.59 Å². The van der Waals surface area contributed by atoms with Crippen molar-refractivity contribution >= 4 is 40.7 Å². The summed E-state index contributed by atoms with van der Waals surface area (Å²) in [5.41, 5.74) is 0.574. The second-order valence-corrected chi connectivity index (χ2v) is 6.87. The van der Waals surface area contributed by atoms with Crippen molar-refractivity contribution in [2.45, 2.75) is 18.9 Å². The molecule has 23 heavy (non-hydrogen) atoms. The number of benzene rings is 1. The third-order valence-corrected chi connectivity index (χ3v) is 5.19.